The predicted molar refractivity (Wildman–Crippen MR) is 68.9 cm³/mol. The van der Waals surface area contributed by atoms with Crippen LogP contribution in [0.15, 0.2) is 12.1 Å². The van der Waals surface area contributed by atoms with Gasteiger partial charge in [0.05, 0.1) is 6.61 Å². The third-order valence-electron chi connectivity index (χ3n) is 3.13. The molecule has 3 heteroatoms. The van der Waals surface area contributed by atoms with E-state index in [0.717, 1.165) is 36.6 Å². The molecule has 0 saturated heterocycles. The summed E-state index contributed by atoms with van der Waals surface area (Å²) < 4.78 is 5.67. The summed E-state index contributed by atoms with van der Waals surface area (Å²) >= 11 is 12.0. The average molecular weight is 259 g/mol. The molecule has 1 nitrogen and oxygen atoms in total. The van der Waals surface area contributed by atoms with Crippen LogP contribution >= 0.6 is 23.2 Å². The summed E-state index contributed by atoms with van der Waals surface area (Å²) in [5.74, 6) is 2.25. The fourth-order valence-corrected chi connectivity index (χ4v) is 2.71. The van der Waals surface area contributed by atoms with Gasteiger partial charge in [0.25, 0.3) is 0 Å². The molecule has 1 aliphatic heterocycles. The van der Waals surface area contributed by atoms with Crippen molar-refractivity contribution >= 4 is 23.2 Å². The van der Waals surface area contributed by atoms with E-state index in [1.165, 1.54) is 11.1 Å². The van der Waals surface area contributed by atoms with Gasteiger partial charge in [0, 0.05) is 17.3 Å². The maximum Gasteiger partial charge on any atom is 0.125 e. The van der Waals surface area contributed by atoms with Crippen LogP contribution in [-0.2, 0) is 12.8 Å². The lowest BCUT2D eigenvalue weighted by atomic mass is 9.96. The standard InChI is InChI=1S/C13H16Cl2O/c1-2-9(8-14)5-11-7-12(15)6-10-3-4-16-13(10)11/h6-7,9H,2-5,8H2,1H3. The Balaban J connectivity index is 2.26. The molecule has 0 aliphatic carbocycles. The van der Waals surface area contributed by atoms with E-state index in [2.05, 4.69) is 6.92 Å². The van der Waals surface area contributed by atoms with Crippen molar-refractivity contribution in [1.29, 1.82) is 0 Å². The molecule has 1 unspecified atom stereocenters. The predicted octanol–water partition coefficient (Wildman–Crippen LogP) is 4.08. The first-order chi connectivity index (χ1) is 7.74. The summed E-state index contributed by atoms with van der Waals surface area (Å²) in [6.07, 6.45) is 3.02. The highest BCUT2D eigenvalue weighted by Gasteiger charge is 2.19. The molecule has 0 spiro atoms. The highest BCUT2D eigenvalue weighted by Crippen LogP contribution is 2.34. The summed E-state index contributed by atoms with van der Waals surface area (Å²) in [5, 5.41) is 0.809. The zero-order valence-corrected chi connectivity index (χ0v) is 10.9. The van der Waals surface area contributed by atoms with Gasteiger partial charge in [0.1, 0.15) is 5.75 Å². The summed E-state index contributed by atoms with van der Waals surface area (Å²) in [6.45, 7) is 2.94. The third-order valence-corrected chi connectivity index (χ3v) is 3.78. The van der Waals surface area contributed by atoms with Crippen LogP contribution in [0, 0.1) is 5.92 Å². The fourth-order valence-electron chi connectivity index (χ4n) is 2.12. The molecule has 16 heavy (non-hydrogen) atoms. The molecule has 0 fully saturated rings. The van der Waals surface area contributed by atoms with Crippen molar-refractivity contribution in [2.45, 2.75) is 26.2 Å². The largest absolute Gasteiger partial charge is 0.493 e. The molecule has 0 bridgehead atoms. The second kappa shape index (κ2) is 5.29. The Morgan fingerprint density at radius 2 is 2.25 bits per heavy atom. The molecule has 0 radical (unpaired) electrons. The molecular weight excluding hydrogens is 243 g/mol. The number of alkyl halides is 1. The molecule has 0 N–H and O–H groups in total. The maximum atomic E-state index is 6.11. The normalized spacial score (nSPS) is 15.7. The number of hydrogen-bond donors (Lipinski definition) is 0. The van der Waals surface area contributed by atoms with Gasteiger partial charge in [-0.25, -0.2) is 0 Å². The van der Waals surface area contributed by atoms with E-state index in [-0.39, 0.29) is 0 Å². The van der Waals surface area contributed by atoms with E-state index >= 15 is 0 Å². The highest BCUT2D eigenvalue weighted by molar-refractivity contribution is 6.30. The molecule has 2 rings (SSSR count). The van der Waals surface area contributed by atoms with Gasteiger partial charge in [-0.1, -0.05) is 24.9 Å². The van der Waals surface area contributed by atoms with Crippen molar-refractivity contribution < 1.29 is 4.74 Å². The van der Waals surface area contributed by atoms with Crippen molar-refractivity contribution in [2.75, 3.05) is 12.5 Å². The smallest absolute Gasteiger partial charge is 0.125 e. The van der Waals surface area contributed by atoms with E-state index < -0.39 is 0 Å². The molecule has 0 saturated carbocycles. The van der Waals surface area contributed by atoms with Crippen LogP contribution < -0.4 is 4.74 Å². The van der Waals surface area contributed by atoms with Crippen LogP contribution in [0.4, 0.5) is 0 Å². The van der Waals surface area contributed by atoms with Crippen LogP contribution in [0.1, 0.15) is 24.5 Å². The summed E-state index contributed by atoms with van der Waals surface area (Å²) in [5.41, 5.74) is 2.46. The molecule has 0 aromatic heterocycles. The van der Waals surface area contributed by atoms with Gasteiger partial charge >= 0.3 is 0 Å². The number of halogens is 2. The Kier molecular flexibility index (Phi) is 3.99. The minimum atomic E-state index is 0.508. The van der Waals surface area contributed by atoms with Gasteiger partial charge in [-0.2, -0.15) is 0 Å². The SMILES string of the molecule is CCC(CCl)Cc1cc(Cl)cc2c1OCC2. The molecule has 88 valence electrons. The summed E-state index contributed by atoms with van der Waals surface area (Å²) in [7, 11) is 0. The van der Waals surface area contributed by atoms with Gasteiger partial charge in [0.15, 0.2) is 0 Å². The molecule has 0 amide bonds. The van der Waals surface area contributed by atoms with Gasteiger partial charge in [-0.05, 0) is 35.6 Å². The molecule has 1 aliphatic rings. The molecule has 1 atom stereocenters. The van der Waals surface area contributed by atoms with Gasteiger partial charge in [-0.15, -0.1) is 11.6 Å². The minimum absolute atomic E-state index is 0.508. The highest BCUT2D eigenvalue weighted by atomic mass is 35.5. The van der Waals surface area contributed by atoms with Crippen molar-refractivity contribution in [3.8, 4) is 5.75 Å². The van der Waals surface area contributed by atoms with Crippen molar-refractivity contribution in [2.24, 2.45) is 5.92 Å². The lowest BCUT2D eigenvalue weighted by Crippen LogP contribution is -2.06. The zero-order valence-electron chi connectivity index (χ0n) is 9.43. The van der Waals surface area contributed by atoms with Crippen molar-refractivity contribution in [3.05, 3.63) is 28.3 Å². The van der Waals surface area contributed by atoms with Crippen LogP contribution in [0.25, 0.3) is 0 Å². The molecule has 1 aromatic carbocycles. The Bertz CT molecular complexity index is 372. The Labute approximate surface area is 107 Å². The topological polar surface area (TPSA) is 9.23 Å². The zero-order chi connectivity index (χ0) is 11.5. The number of fused-ring (bicyclic) bond motifs is 1. The van der Waals surface area contributed by atoms with Crippen LogP contribution in [0.2, 0.25) is 5.02 Å². The van der Waals surface area contributed by atoms with Crippen LogP contribution in [0.5, 0.6) is 5.75 Å². The molecule has 1 heterocycles. The second-order valence-electron chi connectivity index (χ2n) is 4.28. The molecule has 1 aromatic rings. The number of hydrogen-bond acceptors (Lipinski definition) is 1. The lowest BCUT2D eigenvalue weighted by Gasteiger charge is -2.14. The first kappa shape index (κ1) is 12.1. The lowest BCUT2D eigenvalue weighted by molar-refractivity contribution is 0.351. The quantitative estimate of drug-likeness (QED) is 0.740. The third kappa shape index (κ3) is 2.46. The van der Waals surface area contributed by atoms with Gasteiger partial charge in [-0.3, -0.25) is 0 Å². The summed E-state index contributed by atoms with van der Waals surface area (Å²) in [6, 6.07) is 4.02. The van der Waals surface area contributed by atoms with Crippen molar-refractivity contribution in [3.63, 3.8) is 0 Å². The number of rotatable bonds is 4. The van der Waals surface area contributed by atoms with Gasteiger partial charge < -0.3 is 4.74 Å². The van der Waals surface area contributed by atoms with E-state index in [0.29, 0.717) is 11.8 Å². The first-order valence-corrected chi connectivity index (χ1v) is 6.66. The Morgan fingerprint density at radius 3 is 2.94 bits per heavy atom. The second-order valence-corrected chi connectivity index (χ2v) is 5.03. The minimum Gasteiger partial charge on any atom is -0.493 e. The van der Waals surface area contributed by atoms with E-state index in [1.54, 1.807) is 0 Å². The maximum absolute atomic E-state index is 6.11. The number of ether oxygens (including phenoxy) is 1. The molecular formula is C13H16Cl2O. The average Bonchev–Trinajstić information content (AvgIpc) is 2.73. The fraction of sp³-hybridized carbons (Fsp3) is 0.538. The summed E-state index contributed by atoms with van der Waals surface area (Å²) in [4.78, 5) is 0. The van der Waals surface area contributed by atoms with E-state index in [9.17, 15) is 0 Å². The number of benzene rings is 1. The Morgan fingerprint density at radius 1 is 1.44 bits per heavy atom. The van der Waals surface area contributed by atoms with Crippen LogP contribution in [0.3, 0.4) is 0 Å². The first-order valence-electron chi connectivity index (χ1n) is 5.74. The van der Waals surface area contributed by atoms with E-state index in [4.69, 9.17) is 27.9 Å². The van der Waals surface area contributed by atoms with Crippen molar-refractivity contribution in [1.82, 2.24) is 0 Å². The monoisotopic (exact) mass is 258 g/mol. The van der Waals surface area contributed by atoms with E-state index in [1.807, 2.05) is 12.1 Å². The Hall–Kier alpha value is -0.400. The van der Waals surface area contributed by atoms with Gasteiger partial charge in [0.2, 0.25) is 0 Å². The van der Waals surface area contributed by atoms with Crippen LogP contribution in [-0.4, -0.2) is 12.5 Å².